The van der Waals surface area contributed by atoms with Crippen molar-refractivity contribution in [3.05, 3.63) is 51.7 Å². The summed E-state index contributed by atoms with van der Waals surface area (Å²) in [5.41, 5.74) is 0. The van der Waals surface area contributed by atoms with Crippen molar-refractivity contribution in [1.82, 2.24) is 0 Å². The molecule has 1 rings (SSSR count). The number of hydrogen-bond acceptors (Lipinski definition) is 0. The van der Waals surface area contributed by atoms with Crippen molar-refractivity contribution < 1.29 is 26.2 Å². The van der Waals surface area contributed by atoms with E-state index in [1.807, 2.05) is 30.3 Å². The smallest absolute Gasteiger partial charge is 0.358 e. The second-order valence-electron chi connectivity index (χ2n) is 3.52. The zero-order chi connectivity index (χ0) is 8.04. The zero-order valence-electron chi connectivity index (χ0n) is 9.59. The molecule has 0 fully saturated rings. The fraction of sp³-hybridized carbons (Fsp3) is 0.273. The Hall–Kier alpha value is 0.450. The molecule has 0 aliphatic carbocycles. The summed E-state index contributed by atoms with van der Waals surface area (Å²) in [6, 6.07) is 10.0. The minimum absolute atomic E-state index is 0. The minimum Gasteiger partial charge on any atom is -0.358 e. The quantitative estimate of drug-likeness (QED) is 0.495. The molecule has 2 heteroatoms. The summed E-state index contributed by atoms with van der Waals surface area (Å²) in [6.45, 7) is 10.6. The van der Waals surface area contributed by atoms with Gasteiger partial charge in [-0.2, -0.15) is 18.2 Å². The van der Waals surface area contributed by atoms with Crippen molar-refractivity contribution >= 4 is 8.07 Å². The van der Waals surface area contributed by atoms with Gasteiger partial charge in [-0.15, -0.1) is 8.07 Å². The van der Waals surface area contributed by atoms with Crippen LogP contribution in [-0.2, 0) is 26.2 Å². The molecular formula is C11H22SiZr. The van der Waals surface area contributed by atoms with Gasteiger partial charge in [-0.25, -0.2) is 12.1 Å². The van der Waals surface area contributed by atoms with Gasteiger partial charge in [0.2, 0.25) is 0 Å². The normalized spacial score (nSPS) is 7.69. The van der Waals surface area contributed by atoms with Crippen molar-refractivity contribution in [2.45, 2.75) is 19.6 Å². The van der Waals surface area contributed by atoms with E-state index in [-0.39, 0.29) is 41.1 Å². The Bertz CT molecular complexity index is 116. The summed E-state index contributed by atoms with van der Waals surface area (Å²) in [4.78, 5) is 0. The summed E-state index contributed by atoms with van der Waals surface area (Å²) in [7, 11) is -0.861. The van der Waals surface area contributed by atoms with E-state index in [0.29, 0.717) is 0 Å². The Kier molecular flexibility index (Phi) is 22.4. The summed E-state index contributed by atoms with van der Waals surface area (Å²) < 4.78 is 0. The van der Waals surface area contributed by atoms with Gasteiger partial charge in [0.05, 0.1) is 0 Å². The van der Waals surface area contributed by atoms with E-state index in [1.54, 1.807) is 0 Å². The molecule has 0 N–H and O–H groups in total. The first-order chi connectivity index (χ1) is 4.50. The SMILES string of the molecule is [CH2-][Si](C)(C)C.[CH3-].[CH3-].[Zr+4].c1cc[cH-]c1. The average molecular weight is 274 g/mol. The van der Waals surface area contributed by atoms with Crippen LogP contribution in [0.15, 0.2) is 30.3 Å². The summed E-state index contributed by atoms with van der Waals surface area (Å²) in [5.74, 6) is 0. The van der Waals surface area contributed by atoms with Crippen molar-refractivity contribution in [1.29, 1.82) is 0 Å². The van der Waals surface area contributed by atoms with Crippen LogP contribution in [0.5, 0.6) is 0 Å². The van der Waals surface area contributed by atoms with E-state index in [4.69, 9.17) is 0 Å². The monoisotopic (exact) mass is 272 g/mol. The van der Waals surface area contributed by atoms with E-state index in [0.717, 1.165) is 0 Å². The van der Waals surface area contributed by atoms with Gasteiger partial charge in [0, 0.05) is 0 Å². The Morgan fingerprint density at radius 2 is 1.23 bits per heavy atom. The molecule has 13 heavy (non-hydrogen) atoms. The maximum atomic E-state index is 3.91. The summed E-state index contributed by atoms with van der Waals surface area (Å²) >= 11 is 0. The zero-order valence-corrected chi connectivity index (χ0v) is 13.1. The van der Waals surface area contributed by atoms with Gasteiger partial charge < -0.3 is 21.4 Å². The maximum absolute atomic E-state index is 3.91. The van der Waals surface area contributed by atoms with Crippen molar-refractivity contribution in [2.75, 3.05) is 0 Å². The Labute approximate surface area is 105 Å². The molecule has 0 atom stereocenters. The minimum atomic E-state index is -0.861. The number of rotatable bonds is 0. The molecule has 74 valence electrons. The van der Waals surface area contributed by atoms with Crippen LogP contribution >= 0.6 is 0 Å². The third kappa shape index (κ3) is 45.8. The van der Waals surface area contributed by atoms with Crippen LogP contribution in [0.2, 0.25) is 19.6 Å². The van der Waals surface area contributed by atoms with Crippen LogP contribution in [0.3, 0.4) is 0 Å². The first-order valence-corrected chi connectivity index (χ1v) is 7.23. The second kappa shape index (κ2) is 12.4. The molecule has 0 spiro atoms. The molecule has 0 radical (unpaired) electrons. The Morgan fingerprint density at radius 3 is 1.31 bits per heavy atom. The van der Waals surface area contributed by atoms with Crippen LogP contribution in [0.1, 0.15) is 0 Å². The maximum Gasteiger partial charge on any atom is 4.00 e. The van der Waals surface area contributed by atoms with Crippen molar-refractivity contribution in [2.24, 2.45) is 0 Å². The third-order valence-corrected chi connectivity index (χ3v) is 0.556. The van der Waals surface area contributed by atoms with E-state index >= 15 is 0 Å². The molecule has 0 aromatic heterocycles. The Balaban J connectivity index is -0.0000000506. The van der Waals surface area contributed by atoms with Crippen LogP contribution in [0.25, 0.3) is 0 Å². The van der Waals surface area contributed by atoms with Crippen LogP contribution < -0.4 is 0 Å². The molecule has 0 amide bonds. The summed E-state index contributed by atoms with van der Waals surface area (Å²) in [5, 5.41) is 0. The van der Waals surface area contributed by atoms with Crippen LogP contribution in [0.4, 0.5) is 0 Å². The van der Waals surface area contributed by atoms with E-state index in [2.05, 4.69) is 26.2 Å². The van der Waals surface area contributed by atoms with Crippen LogP contribution in [-0.4, -0.2) is 8.07 Å². The molecule has 0 bridgehead atoms. The molecule has 1 aromatic carbocycles. The van der Waals surface area contributed by atoms with Gasteiger partial charge in [-0.1, -0.05) is 19.6 Å². The molecule has 0 aliphatic rings. The van der Waals surface area contributed by atoms with Crippen LogP contribution in [0, 0.1) is 21.4 Å². The van der Waals surface area contributed by atoms with E-state index in [9.17, 15) is 0 Å². The first-order valence-electron chi connectivity index (χ1n) is 3.52. The van der Waals surface area contributed by atoms with Gasteiger partial charge in [0.1, 0.15) is 0 Å². The number of hydrogen-bond donors (Lipinski definition) is 0. The Morgan fingerprint density at radius 1 is 1.00 bits per heavy atom. The predicted octanol–water partition coefficient (Wildman–Crippen LogP) is 4.00. The van der Waals surface area contributed by atoms with Gasteiger partial charge in [0.25, 0.3) is 0 Å². The van der Waals surface area contributed by atoms with Gasteiger partial charge in [-0.3, -0.25) is 0 Å². The molecule has 1 aromatic rings. The van der Waals surface area contributed by atoms with Gasteiger partial charge in [-0.05, 0) is 0 Å². The van der Waals surface area contributed by atoms with Crippen molar-refractivity contribution in [3.8, 4) is 0 Å². The van der Waals surface area contributed by atoms with Gasteiger partial charge in [0.15, 0.2) is 0 Å². The summed E-state index contributed by atoms with van der Waals surface area (Å²) in [6.07, 6.45) is 0. The molecular weight excluding hydrogens is 251 g/mol. The fourth-order valence-electron chi connectivity index (χ4n) is 0.321. The predicted molar refractivity (Wildman–Crippen MR) is 63.6 cm³/mol. The van der Waals surface area contributed by atoms with E-state index < -0.39 is 8.07 Å². The van der Waals surface area contributed by atoms with E-state index in [1.165, 1.54) is 0 Å². The fourth-order valence-corrected chi connectivity index (χ4v) is 0.321. The molecule has 0 nitrogen and oxygen atoms in total. The molecule has 0 saturated carbocycles. The average Bonchev–Trinajstić information content (AvgIpc) is 2.07. The third-order valence-electron chi connectivity index (χ3n) is 0.556. The van der Waals surface area contributed by atoms with Crippen molar-refractivity contribution in [3.63, 3.8) is 0 Å². The molecule has 0 saturated heterocycles. The molecule has 0 aliphatic heterocycles. The molecule has 0 heterocycles. The molecule has 0 unspecified atom stereocenters. The standard InChI is InChI=1S/C5H5.C4H11Si.2CH3.Zr/c1-2-4-5-3-1;1-5(2,3)4;;;/h1-5H;1H2,2-4H3;2*1H3;/q4*-1;+4. The second-order valence-corrected chi connectivity index (χ2v) is 8.64. The largest absolute Gasteiger partial charge is 4.00 e. The van der Waals surface area contributed by atoms with Gasteiger partial charge >= 0.3 is 26.2 Å². The topological polar surface area (TPSA) is 0 Å². The first kappa shape index (κ1) is 23.3.